The number of hydrogen-bond acceptors (Lipinski definition) is 3. The van der Waals surface area contributed by atoms with Gasteiger partial charge in [0.15, 0.2) is 0 Å². The first kappa shape index (κ1) is 14.4. The molecule has 0 saturated heterocycles. The van der Waals surface area contributed by atoms with E-state index in [1.54, 1.807) is 7.11 Å². The standard InChI is InChI=1S/C15H27N3O/c1-10(2)18-14(16)13(11(3)9-19-4)17-15(18)12-7-5-6-8-12/h10-12H,5-9,16H2,1-4H3. The molecule has 2 N–H and O–H groups in total. The molecule has 1 atom stereocenters. The summed E-state index contributed by atoms with van der Waals surface area (Å²) in [6.45, 7) is 7.16. The average Bonchev–Trinajstić information content (AvgIpc) is 2.95. The molecule has 1 saturated carbocycles. The molecule has 1 aromatic rings. The van der Waals surface area contributed by atoms with Crippen molar-refractivity contribution < 1.29 is 4.74 Å². The number of nitrogen functional groups attached to an aromatic ring is 1. The van der Waals surface area contributed by atoms with Crippen LogP contribution in [0.15, 0.2) is 0 Å². The first-order chi connectivity index (χ1) is 9.06. The van der Waals surface area contributed by atoms with E-state index in [1.165, 1.54) is 31.5 Å². The molecule has 4 heteroatoms. The Labute approximate surface area is 116 Å². The molecule has 4 nitrogen and oxygen atoms in total. The van der Waals surface area contributed by atoms with Gasteiger partial charge in [-0.05, 0) is 26.7 Å². The molecule has 1 unspecified atom stereocenters. The minimum atomic E-state index is 0.255. The number of nitrogens with two attached hydrogens (primary N) is 1. The van der Waals surface area contributed by atoms with E-state index in [1.807, 2.05) is 0 Å². The molecule has 1 aliphatic rings. The second-order valence-electron chi connectivity index (χ2n) is 6.04. The highest BCUT2D eigenvalue weighted by Crippen LogP contribution is 2.37. The Balaban J connectivity index is 2.38. The molecular weight excluding hydrogens is 238 g/mol. The van der Waals surface area contributed by atoms with Gasteiger partial charge in [0.2, 0.25) is 0 Å². The topological polar surface area (TPSA) is 53.1 Å². The lowest BCUT2D eigenvalue weighted by molar-refractivity contribution is 0.183. The van der Waals surface area contributed by atoms with Crippen molar-refractivity contribution in [3.63, 3.8) is 0 Å². The van der Waals surface area contributed by atoms with E-state index in [-0.39, 0.29) is 5.92 Å². The van der Waals surface area contributed by atoms with Crippen molar-refractivity contribution in [2.24, 2.45) is 0 Å². The molecule has 0 aliphatic heterocycles. The molecule has 1 aliphatic carbocycles. The fourth-order valence-electron chi connectivity index (χ4n) is 3.19. The van der Waals surface area contributed by atoms with E-state index >= 15 is 0 Å². The van der Waals surface area contributed by atoms with Crippen LogP contribution in [-0.4, -0.2) is 23.3 Å². The first-order valence-corrected chi connectivity index (χ1v) is 7.42. The van der Waals surface area contributed by atoms with Crippen molar-refractivity contribution >= 4 is 5.82 Å². The van der Waals surface area contributed by atoms with Gasteiger partial charge in [-0.15, -0.1) is 0 Å². The Kier molecular flexibility index (Phi) is 4.50. The maximum Gasteiger partial charge on any atom is 0.127 e. The molecule has 0 amide bonds. The summed E-state index contributed by atoms with van der Waals surface area (Å²) in [7, 11) is 1.73. The first-order valence-electron chi connectivity index (χ1n) is 7.42. The number of nitrogens with zero attached hydrogens (tertiary/aromatic N) is 2. The van der Waals surface area contributed by atoms with Crippen LogP contribution >= 0.6 is 0 Å². The van der Waals surface area contributed by atoms with Gasteiger partial charge in [0, 0.05) is 25.0 Å². The number of imidazole rings is 1. The van der Waals surface area contributed by atoms with Gasteiger partial charge in [-0.25, -0.2) is 4.98 Å². The summed E-state index contributed by atoms with van der Waals surface area (Å²) in [6, 6.07) is 0.367. The second-order valence-corrected chi connectivity index (χ2v) is 6.04. The largest absolute Gasteiger partial charge is 0.384 e. The Hall–Kier alpha value is -1.03. The van der Waals surface area contributed by atoms with Crippen molar-refractivity contribution in [2.45, 2.75) is 64.3 Å². The highest BCUT2D eigenvalue weighted by Gasteiger charge is 2.27. The van der Waals surface area contributed by atoms with Crippen LogP contribution in [0.1, 0.15) is 75.9 Å². The summed E-state index contributed by atoms with van der Waals surface area (Å²) in [5.74, 6) is 2.88. The van der Waals surface area contributed by atoms with E-state index in [2.05, 4.69) is 25.3 Å². The van der Waals surface area contributed by atoms with Gasteiger partial charge in [-0.1, -0.05) is 19.8 Å². The highest BCUT2D eigenvalue weighted by atomic mass is 16.5. The Morgan fingerprint density at radius 3 is 2.47 bits per heavy atom. The quantitative estimate of drug-likeness (QED) is 0.887. The molecule has 0 bridgehead atoms. The van der Waals surface area contributed by atoms with Crippen molar-refractivity contribution in [1.82, 2.24) is 9.55 Å². The summed E-state index contributed by atoms with van der Waals surface area (Å²) >= 11 is 0. The lowest BCUT2D eigenvalue weighted by Crippen LogP contribution is -2.12. The van der Waals surface area contributed by atoms with E-state index in [0.717, 1.165) is 11.5 Å². The molecule has 0 spiro atoms. The lowest BCUT2D eigenvalue weighted by Gasteiger charge is -2.17. The highest BCUT2D eigenvalue weighted by molar-refractivity contribution is 5.42. The fraction of sp³-hybridized carbons (Fsp3) is 0.800. The van der Waals surface area contributed by atoms with Gasteiger partial charge in [0.25, 0.3) is 0 Å². The van der Waals surface area contributed by atoms with Crippen LogP contribution in [0.3, 0.4) is 0 Å². The SMILES string of the molecule is COCC(C)c1nc(C2CCCC2)n(C(C)C)c1N. The predicted molar refractivity (Wildman–Crippen MR) is 78.5 cm³/mol. The molecule has 2 rings (SSSR count). The number of hydrogen-bond donors (Lipinski definition) is 1. The van der Waals surface area contributed by atoms with Crippen LogP contribution < -0.4 is 5.73 Å². The van der Waals surface area contributed by atoms with Gasteiger partial charge in [-0.3, -0.25) is 0 Å². The van der Waals surface area contributed by atoms with Gasteiger partial charge < -0.3 is 15.0 Å². The Bertz CT molecular complexity index is 419. The van der Waals surface area contributed by atoms with Crippen LogP contribution in [0.4, 0.5) is 5.82 Å². The molecule has 108 valence electrons. The summed E-state index contributed by atoms with van der Waals surface area (Å²) in [5, 5.41) is 0. The zero-order chi connectivity index (χ0) is 14.0. The third-order valence-electron chi connectivity index (χ3n) is 4.12. The van der Waals surface area contributed by atoms with E-state index in [9.17, 15) is 0 Å². The average molecular weight is 265 g/mol. The van der Waals surface area contributed by atoms with Crippen molar-refractivity contribution in [3.8, 4) is 0 Å². The number of aromatic nitrogens is 2. The smallest absolute Gasteiger partial charge is 0.127 e. The van der Waals surface area contributed by atoms with E-state index < -0.39 is 0 Å². The van der Waals surface area contributed by atoms with Gasteiger partial charge in [0.05, 0.1) is 12.3 Å². The molecular formula is C15H27N3O. The zero-order valence-corrected chi connectivity index (χ0v) is 12.6. The second kappa shape index (κ2) is 5.95. The molecule has 19 heavy (non-hydrogen) atoms. The van der Waals surface area contributed by atoms with Crippen LogP contribution in [0, 0.1) is 0 Å². The minimum absolute atomic E-state index is 0.255. The summed E-state index contributed by atoms with van der Waals surface area (Å²) < 4.78 is 7.48. The van der Waals surface area contributed by atoms with Crippen LogP contribution in [0.2, 0.25) is 0 Å². The number of anilines is 1. The fourth-order valence-corrected chi connectivity index (χ4v) is 3.19. The molecule has 1 fully saturated rings. The summed E-state index contributed by atoms with van der Waals surface area (Å²) in [4.78, 5) is 4.89. The van der Waals surface area contributed by atoms with E-state index in [0.29, 0.717) is 18.6 Å². The maximum atomic E-state index is 6.35. The lowest BCUT2D eigenvalue weighted by atomic mass is 10.1. The summed E-state index contributed by atoms with van der Waals surface area (Å²) in [5.41, 5.74) is 7.36. The van der Waals surface area contributed by atoms with Crippen molar-refractivity contribution in [3.05, 3.63) is 11.5 Å². The number of ether oxygens (including phenoxy) is 1. The third-order valence-corrected chi connectivity index (χ3v) is 4.12. The van der Waals surface area contributed by atoms with Crippen molar-refractivity contribution in [1.29, 1.82) is 0 Å². The molecule has 1 heterocycles. The third kappa shape index (κ3) is 2.78. The summed E-state index contributed by atoms with van der Waals surface area (Å²) in [6.07, 6.45) is 5.14. The monoisotopic (exact) mass is 265 g/mol. The van der Waals surface area contributed by atoms with Crippen molar-refractivity contribution in [2.75, 3.05) is 19.5 Å². The molecule has 1 aromatic heterocycles. The zero-order valence-electron chi connectivity index (χ0n) is 12.6. The number of rotatable bonds is 5. The van der Waals surface area contributed by atoms with Crippen LogP contribution in [0.25, 0.3) is 0 Å². The maximum absolute atomic E-state index is 6.35. The minimum Gasteiger partial charge on any atom is -0.384 e. The molecule has 0 radical (unpaired) electrons. The number of methoxy groups -OCH3 is 1. The Morgan fingerprint density at radius 1 is 1.32 bits per heavy atom. The van der Waals surface area contributed by atoms with Crippen LogP contribution in [0.5, 0.6) is 0 Å². The van der Waals surface area contributed by atoms with Gasteiger partial charge in [-0.2, -0.15) is 0 Å². The van der Waals surface area contributed by atoms with E-state index in [4.69, 9.17) is 15.5 Å². The normalized spacial score (nSPS) is 18.4. The Morgan fingerprint density at radius 2 is 1.95 bits per heavy atom. The predicted octanol–water partition coefficient (Wildman–Crippen LogP) is 3.45. The van der Waals surface area contributed by atoms with Gasteiger partial charge in [0.1, 0.15) is 11.6 Å². The van der Waals surface area contributed by atoms with Crippen LogP contribution in [-0.2, 0) is 4.74 Å². The van der Waals surface area contributed by atoms with Gasteiger partial charge >= 0.3 is 0 Å². The molecule has 0 aromatic carbocycles.